The van der Waals surface area contributed by atoms with Crippen molar-refractivity contribution < 1.29 is 9.53 Å². The van der Waals surface area contributed by atoms with Crippen molar-refractivity contribution in [2.45, 2.75) is 64.3 Å². The molecule has 0 radical (unpaired) electrons. The van der Waals surface area contributed by atoms with E-state index >= 15 is 0 Å². The standard InChI is InChI=1S/C29H39N3O2/c1-4-22-11-8-14-25-27(20-31-29(22)25)26(23-12-7-13-24(18-23)34-3)19-28(33)30-15-9-17-32-16-6-5-10-21(32)2/h7-8,11-14,18,20-21,26,31H,4-6,9-10,15-17,19H2,1-3H3,(H,30,33)/t21-,26-/m1/s1. The lowest BCUT2D eigenvalue weighted by molar-refractivity contribution is -0.121. The Bertz CT molecular complexity index is 1090. The lowest BCUT2D eigenvalue weighted by Gasteiger charge is -2.33. The van der Waals surface area contributed by atoms with Gasteiger partial charge in [0.1, 0.15) is 5.75 Å². The summed E-state index contributed by atoms with van der Waals surface area (Å²) >= 11 is 0. The fraction of sp³-hybridized carbons (Fsp3) is 0.483. The number of carbonyl (C=O) groups is 1. The molecule has 0 saturated carbocycles. The highest BCUT2D eigenvalue weighted by molar-refractivity contribution is 5.88. The summed E-state index contributed by atoms with van der Waals surface area (Å²) in [5.74, 6) is 0.867. The predicted octanol–water partition coefficient (Wildman–Crippen LogP) is 5.64. The fourth-order valence-electron chi connectivity index (χ4n) is 5.34. The van der Waals surface area contributed by atoms with Gasteiger partial charge in [0.15, 0.2) is 0 Å². The zero-order chi connectivity index (χ0) is 23.9. The Morgan fingerprint density at radius 3 is 2.88 bits per heavy atom. The summed E-state index contributed by atoms with van der Waals surface area (Å²) in [6.07, 6.45) is 8.38. The van der Waals surface area contributed by atoms with E-state index < -0.39 is 0 Å². The Hall–Kier alpha value is -2.79. The Morgan fingerprint density at radius 2 is 2.09 bits per heavy atom. The monoisotopic (exact) mass is 461 g/mol. The van der Waals surface area contributed by atoms with Crippen LogP contribution in [0.3, 0.4) is 0 Å². The van der Waals surface area contributed by atoms with E-state index in [1.165, 1.54) is 42.3 Å². The van der Waals surface area contributed by atoms with Crippen LogP contribution in [0, 0.1) is 0 Å². The number of para-hydroxylation sites is 1. The molecule has 34 heavy (non-hydrogen) atoms. The first kappa shape index (κ1) is 24.3. The molecule has 1 saturated heterocycles. The summed E-state index contributed by atoms with van der Waals surface area (Å²) in [6, 6.07) is 15.2. The van der Waals surface area contributed by atoms with E-state index in [-0.39, 0.29) is 11.8 Å². The lowest BCUT2D eigenvalue weighted by Crippen LogP contribution is -2.39. The molecular formula is C29H39N3O2. The van der Waals surface area contributed by atoms with Crippen molar-refractivity contribution in [3.63, 3.8) is 0 Å². The summed E-state index contributed by atoms with van der Waals surface area (Å²) in [4.78, 5) is 19.1. The van der Waals surface area contributed by atoms with Gasteiger partial charge in [-0.3, -0.25) is 4.79 Å². The topological polar surface area (TPSA) is 57.4 Å². The molecule has 1 aliphatic heterocycles. The minimum atomic E-state index is -0.0435. The van der Waals surface area contributed by atoms with Crippen LogP contribution in [0.2, 0.25) is 0 Å². The number of hydrogen-bond acceptors (Lipinski definition) is 3. The van der Waals surface area contributed by atoms with Gasteiger partial charge in [-0.2, -0.15) is 0 Å². The number of nitrogens with one attached hydrogen (secondary N) is 2. The van der Waals surface area contributed by atoms with Crippen LogP contribution in [0.15, 0.2) is 48.7 Å². The molecule has 4 rings (SSSR count). The van der Waals surface area contributed by atoms with Crippen LogP contribution in [0.25, 0.3) is 10.9 Å². The molecule has 2 heterocycles. The summed E-state index contributed by atoms with van der Waals surface area (Å²) in [5, 5.41) is 4.38. The van der Waals surface area contributed by atoms with Gasteiger partial charge in [-0.05, 0) is 68.0 Å². The van der Waals surface area contributed by atoms with Crippen LogP contribution >= 0.6 is 0 Å². The molecule has 5 heteroatoms. The molecule has 3 aromatic rings. The first-order valence-corrected chi connectivity index (χ1v) is 12.8. The van der Waals surface area contributed by atoms with Crippen LogP contribution in [0.5, 0.6) is 5.75 Å². The Kier molecular flexibility index (Phi) is 8.28. The van der Waals surface area contributed by atoms with Crippen molar-refractivity contribution in [2.75, 3.05) is 26.7 Å². The highest BCUT2D eigenvalue weighted by Crippen LogP contribution is 2.35. The summed E-state index contributed by atoms with van der Waals surface area (Å²) in [5.41, 5.74) is 4.73. The molecule has 1 aliphatic rings. The Labute approximate surface area is 203 Å². The SMILES string of the molecule is CCc1cccc2c([C@H](CC(=O)NCCCN3CCCC[C@H]3C)c3cccc(OC)c3)c[nH]c12. The van der Waals surface area contributed by atoms with Crippen molar-refractivity contribution in [1.29, 1.82) is 0 Å². The number of piperidine rings is 1. The molecule has 1 aromatic heterocycles. The smallest absolute Gasteiger partial charge is 0.220 e. The largest absolute Gasteiger partial charge is 0.497 e. The predicted molar refractivity (Wildman–Crippen MR) is 140 cm³/mol. The molecule has 5 nitrogen and oxygen atoms in total. The molecular weight excluding hydrogens is 422 g/mol. The maximum atomic E-state index is 13.1. The highest BCUT2D eigenvalue weighted by Gasteiger charge is 2.23. The van der Waals surface area contributed by atoms with Crippen LogP contribution in [0.1, 0.15) is 68.6 Å². The number of hydrogen-bond donors (Lipinski definition) is 2. The Balaban J connectivity index is 1.48. The molecule has 2 N–H and O–H groups in total. The number of aromatic amines is 1. The van der Waals surface area contributed by atoms with E-state index in [1.54, 1.807) is 7.11 Å². The summed E-state index contributed by atoms with van der Waals surface area (Å²) in [6.45, 7) is 7.46. The van der Waals surface area contributed by atoms with Gasteiger partial charge in [-0.1, -0.05) is 43.7 Å². The van der Waals surface area contributed by atoms with E-state index in [4.69, 9.17) is 4.74 Å². The zero-order valence-electron chi connectivity index (χ0n) is 20.9. The summed E-state index contributed by atoms with van der Waals surface area (Å²) in [7, 11) is 1.68. The van der Waals surface area contributed by atoms with Gasteiger partial charge >= 0.3 is 0 Å². The van der Waals surface area contributed by atoms with Gasteiger partial charge < -0.3 is 19.9 Å². The third-order valence-electron chi connectivity index (χ3n) is 7.36. The number of carbonyl (C=O) groups excluding carboxylic acids is 1. The number of fused-ring (bicyclic) bond motifs is 1. The van der Waals surface area contributed by atoms with Crippen molar-refractivity contribution in [3.8, 4) is 5.75 Å². The van der Waals surface area contributed by atoms with Crippen molar-refractivity contribution in [3.05, 3.63) is 65.4 Å². The van der Waals surface area contributed by atoms with Crippen molar-refractivity contribution in [1.82, 2.24) is 15.2 Å². The number of benzene rings is 2. The van der Waals surface area contributed by atoms with E-state index in [9.17, 15) is 4.79 Å². The molecule has 2 atom stereocenters. The molecule has 0 spiro atoms. The number of aryl methyl sites for hydroxylation is 1. The van der Waals surface area contributed by atoms with Crippen LogP contribution in [-0.2, 0) is 11.2 Å². The minimum Gasteiger partial charge on any atom is -0.497 e. The second-order valence-electron chi connectivity index (χ2n) is 9.55. The molecule has 2 aromatic carbocycles. The number of likely N-dealkylation sites (tertiary alicyclic amines) is 1. The lowest BCUT2D eigenvalue weighted by atomic mass is 9.87. The number of nitrogens with zero attached hydrogens (tertiary/aromatic N) is 1. The maximum Gasteiger partial charge on any atom is 0.220 e. The quantitative estimate of drug-likeness (QED) is 0.384. The first-order valence-electron chi connectivity index (χ1n) is 12.8. The van der Waals surface area contributed by atoms with Gasteiger partial charge in [0.25, 0.3) is 0 Å². The molecule has 182 valence electrons. The molecule has 0 aliphatic carbocycles. The minimum absolute atomic E-state index is 0.0435. The van der Waals surface area contributed by atoms with Crippen LogP contribution < -0.4 is 10.1 Å². The average molecular weight is 462 g/mol. The number of methoxy groups -OCH3 is 1. The van der Waals surface area contributed by atoms with Gasteiger partial charge in [0, 0.05) is 48.6 Å². The summed E-state index contributed by atoms with van der Waals surface area (Å²) < 4.78 is 5.48. The van der Waals surface area contributed by atoms with E-state index in [0.717, 1.165) is 42.8 Å². The number of H-pyrrole nitrogens is 1. The maximum absolute atomic E-state index is 13.1. The van der Waals surface area contributed by atoms with Crippen LogP contribution in [-0.4, -0.2) is 48.6 Å². The highest BCUT2D eigenvalue weighted by atomic mass is 16.5. The molecule has 1 amide bonds. The zero-order valence-corrected chi connectivity index (χ0v) is 20.9. The molecule has 0 bridgehead atoms. The van der Waals surface area contributed by atoms with Gasteiger partial charge in [-0.25, -0.2) is 0 Å². The van der Waals surface area contributed by atoms with Crippen molar-refractivity contribution in [2.24, 2.45) is 0 Å². The number of rotatable bonds is 10. The third kappa shape index (κ3) is 5.64. The molecule has 1 fully saturated rings. The first-order chi connectivity index (χ1) is 16.6. The normalized spacial score (nSPS) is 17.6. The third-order valence-corrected chi connectivity index (χ3v) is 7.36. The van der Waals surface area contributed by atoms with Gasteiger partial charge in [0.05, 0.1) is 7.11 Å². The second kappa shape index (κ2) is 11.6. The van der Waals surface area contributed by atoms with E-state index in [0.29, 0.717) is 12.5 Å². The van der Waals surface area contributed by atoms with E-state index in [1.807, 2.05) is 12.1 Å². The average Bonchev–Trinajstić information content (AvgIpc) is 3.30. The Morgan fingerprint density at radius 1 is 1.24 bits per heavy atom. The van der Waals surface area contributed by atoms with Crippen molar-refractivity contribution >= 4 is 16.8 Å². The van der Waals surface area contributed by atoms with Gasteiger partial charge in [-0.15, -0.1) is 0 Å². The molecule has 0 unspecified atom stereocenters. The fourth-order valence-corrected chi connectivity index (χ4v) is 5.34. The number of ether oxygens (including phenoxy) is 1. The second-order valence-corrected chi connectivity index (χ2v) is 9.55. The number of aromatic nitrogens is 1. The van der Waals surface area contributed by atoms with Crippen LogP contribution in [0.4, 0.5) is 0 Å². The number of amides is 1. The van der Waals surface area contributed by atoms with E-state index in [2.05, 4.69) is 65.6 Å². The van der Waals surface area contributed by atoms with Gasteiger partial charge in [0.2, 0.25) is 5.91 Å².